The number of carbonyl (C=O) groups excluding carboxylic acids is 1. The van der Waals surface area contributed by atoms with Crippen molar-refractivity contribution in [2.75, 3.05) is 16.9 Å². The van der Waals surface area contributed by atoms with Crippen molar-refractivity contribution in [2.24, 2.45) is 25.6 Å². The zero-order valence-electron chi connectivity index (χ0n) is 24.5. The number of carboxylic acid groups (broad SMARTS) is 2. The number of nitrogens with one attached hydrogen (secondary N) is 1. The van der Waals surface area contributed by atoms with Gasteiger partial charge < -0.3 is 21.7 Å². The van der Waals surface area contributed by atoms with Crippen LogP contribution in [0.4, 0.5) is 39.8 Å². The van der Waals surface area contributed by atoms with Gasteiger partial charge in [-0.25, -0.2) is 9.59 Å². The van der Waals surface area contributed by atoms with Gasteiger partial charge in [-0.2, -0.15) is 10.2 Å². The van der Waals surface area contributed by atoms with Gasteiger partial charge in [-0.1, -0.05) is 35.9 Å². The summed E-state index contributed by atoms with van der Waals surface area (Å²) in [5, 5.41) is 39.6. The molecule has 0 fully saturated rings. The smallest absolute Gasteiger partial charge is 0.339 e. The minimum absolute atomic E-state index is 0.00163. The van der Waals surface area contributed by atoms with E-state index >= 15 is 0 Å². The molecule has 1 aliphatic rings. The van der Waals surface area contributed by atoms with Gasteiger partial charge in [0.05, 0.1) is 39.0 Å². The van der Waals surface area contributed by atoms with Crippen LogP contribution in [-0.2, 0) is 9.59 Å². The van der Waals surface area contributed by atoms with Gasteiger partial charge in [0.15, 0.2) is 5.78 Å². The summed E-state index contributed by atoms with van der Waals surface area (Å²) in [6.07, 6.45) is 3.80. The van der Waals surface area contributed by atoms with Crippen LogP contribution in [0.25, 0.3) is 11.1 Å². The van der Waals surface area contributed by atoms with Crippen LogP contribution in [0, 0.1) is 6.92 Å². The molecule has 0 heterocycles. The van der Waals surface area contributed by atoms with Crippen molar-refractivity contribution >= 4 is 74.8 Å². The number of hydrogen-bond acceptors (Lipinski definition) is 11. The lowest BCUT2D eigenvalue weighted by Crippen LogP contribution is -2.15. The number of hydrogen-bond donors (Lipinski definition) is 5. The molecule has 0 atom stereocenters. The Hall–Kier alpha value is -6.47. The van der Waals surface area contributed by atoms with E-state index in [2.05, 4.69) is 31.0 Å². The quantitative estimate of drug-likeness (QED) is 0.0393. The van der Waals surface area contributed by atoms with E-state index in [1.54, 1.807) is 25.1 Å². The number of ketones is 1. The molecule has 234 valence electrons. The first-order valence-electron chi connectivity index (χ1n) is 13.8. The summed E-state index contributed by atoms with van der Waals surface area (Å²) in [6, 6.07) is 20.5. The zero-order chi connectivity index (χ0) is 33.7. The number of nitrogen functional groups attached to an aromatic ring is 2. The lowest BCUT2D eigenvalue weighted by Gasteiger charge is -2.09. The van der Waals surface area contributed by atoms with Crippen molar-refractivity contribution in [1.29, 1.82) is 0 Å². The second-order valence-corrected chi connectivity index (χ2v) is 10.5. The van der Waals surface area contributed by atoms with Crippen molar-refractivity contribution < 1.29 is 24.6 Å². The number of aliphatic carboxylic acids is 1. The van der Waals surface area contributed by atoms with Gasteiger partial charge in [0.2, 0.25) is 0 Å². The van der Waals surface area contributed by atoms with Crippen LogP contribution in [0.5, 0.6) is 0 Å². The summed E-state index contributed by atoms with van der Waals surface area (Å²) in [4.78, 5) is 34.1. The van der Waals surface area contributed by atoms with Gasteiger partial charge in [0, 0.05) is 0 Å². The number of benzene rings is 4. The summed E-state index contributed by atoms with van der Waals surface area (Å²) in [7, 11) is 0. The SMILES string of the molecule is Cc1cc(N=Nc2ccc(-c3ccc(N/N=C4/C=CC(=O)C(C(=O)O)=C4)cc3)cc2)c(N)c(N=Nc2cc(C(=O)O)ccc2Cl)c1N. The Labute approximate surface area is 272 Å². The maximum atomic E-state index is 11.6. The van der Waals surface area contributed by atoms with Crippen LogP contribution in [0.1, 0.15) is 15.9 Å². The highest BCUT2D eigenvalue weighted by Gasteiger charge is 2.19. The van der Waals surface area contributed by atoms with E-state index in [0.717, 1.165) is 17.2 Å². The van der Waals surface area contributed by atoms with E-state index in [-0.39, 0.29) is 38.9 Å². The third-order valence-corrected chi connectivity index (χ3v) is 7.20. The molecule has 0 aliphatic heterocycles. The Balaban J connectivity index is 1.29. The van der Waals surface area contributed by atoms with E-state index < -0.39 is 17.7 Å². The zero-order valence-corrected chi connectivity index (χ0v) is 25.3. The summed E-state index contributed by atoms with van der Waals surface area (Å²) >= 11 is 6.16. The molecule has 0 bridgehead atoms. The van der Waals surface area contributed by atoms with Gasteiger partial charge in [-0.05, 0) is 90.4 Å². The number of rotatable bonds is 9. The molecule has 0 unspecified atom stereocenters. The third-order valence-electron chi connectivity index (χ3n) is 6.88. The normalized spacial score (nSPS) is 13.8. The average Bonchev–Trinajstić information content (AvgIpc) is 3.06. The monoisotopic (exact) mass is 648 g/mol. The van der Waals surface area contributed by atoms with Crippen LogP contribution in [-0.4, -0.2) is 33.6 Å². The van der Waals surface area contributed by atoms with Crippen LogP contribution in [0.2, 0.25) is 5.02 Å². The van der Waals surface area contributed by atoms with Crippen molar-refractivity contribution in [3.05, 3.63) is 113 Å². The molecule has 0 saturated heterocycles. The van der Waals surface area contributed by atoms with E-state index in [9.17, 15) is 19.5 Å². The standard InChI is InChI=1S/C33H25ClN8O5/c1-17-14-27(30(36)31(29(17)35)42-40-26-15-20(32(44)45)6-12-25(26)34)41-38-22-9-4-19(5-10-22)18-2-7-21(8-3-18)37-39-23-11-13-28(43)24(16-23)33(46)47/h2-16,37H,35-36H2,1H3,(H,44,45)(H,46,47)/b39-23-,41-38?,42-40?. The predicted molar refractivity (Wildman–Crippen MR) is 180 cm³/mol. The number of nitrogens with zero attached hydrogens (tertiary/aromatic N) is 5. The number of carbonyl (C=O) groups is 3. The molecule has 14 heteroatoms. The molecule has 13 nitrogen and oxygen atoms in total. The summed E-state index contributed by atoms with van der Waals surface area (Å²) < 4.78 is 0. The average molecular weight is 649 g/mol. The molecule has 4 aromatic rings. The molecule has 1 aliphatic carbocycles. The van der Waals surface area contributed by atoms with Crippen LogP contribution >= 0.6 is 11.6 Å². The van der Waals surface area contributed by atoms with E-state index in [0.29, 0.717) is 28.3 Å². The minimum Gasteiger partial charge on any atom is -0.478 e. The van der Waals surface area contributed by atoms with Crippen molar-refractivity contribution in [1.82, 2.24) is 0 Å². The fourth-order valence-corrected chi connectivity index (χ4v) is 4.44. The van der Waals surface area contributed by atoms with Gasteiger partial charge in [-0.3, -0.25) is 10.2 Å². The van der Waals surface area contributed by atoms with Crippen molar-refractivity contribution in [2.45, 2.75) is 6.92 Å². The molecular formula is C33H25ClN8O5. The Kier molecular flexibility index (Phi) is 9.29. The molecule has 0 amide bonds. The van der Waals surface area contributed by atoms with Gasteiger partial charge in [-0.15, -0.1) is 15.3 Å². The maximum absolute atomic E-state index is 11.6. The number of aryl methyl sites for hydroxylation is 1. The number of halogens is 1. The molecular weight excluding hydrogens is 624 g/mol. The summed E-state index contributed by atoms with van der Waals surface area (Å²) in [5.74, 6) is -3.03. The topological polar surface area (TPSA) is 218 Å². The fourth-order valence-electron chi connectivity index (χ4n) is 4.28. The second kappa shape index (κ2) is 13.7. The highest BCUT2D eigenvalue weighted by Crippen LogP contribution is 2.41. The van der Waals surface area contributed by atoms with Gasteiger partial charge >= 0.3 is 11.9 Å². The first-order valence-corrected chi connectivity index (χ1v) is 14.1. The number of nitrogens with two attached hydrogens (primary N) is 2. The molecule has 0 aromatic heterocycles. The Bertz CT molecular complexity index is 2070. The maximum Gasteiger partial charge on any atom is 0.339 e. The number of anilines is 3. The second-order valence-electron chi connectivity index (χ2n) is 10.1. The molecule has 0 saturated carbocycles. The molecule has 7 N–H and O–H groups in total. The summed E-state index contributed by atoms with van der Waals surface area (Å²) in [5.41, 5.74) is 20.1. The molecule has 47 heavy (non-hydrogen) atoms. The van der Waals surface area contributed by atoms with Crippen LogP contribution < -0.4 is 16.9 Å². The number of aromatic carboxylic acids is 1. The Morgan fingerprint density at radius 2 is 1.43 bits per heavy atom. The first-order chi connectivity index (χ1) is 22.5. The lowest BCUT2D eigenvalue weighted by molar-refractivity contribution is -0.134. The van der Waals surface area contributed by atoms with Gasteiger partial charge in [0.25, 0.3) is 0 Å². The Morgan fingerprint density at radius 3 is 2.09 bits per heavy atom. The van der Waals surface area contributed by atoms with E-state index in [1.807, 2.05) is 36.4 Å². The number of allylic oxidation sites excluding steroid dienone is 3. The van der Waals surface area contributed by atoms with Crippen LogP contribution in [0.15, 0.2) is 122 Å². The third kappa shape index (κ3) is 7.44. The number of azo groups is 2. The fraction of sp³-hybridized carbons (Fsp3) is 0.0303. The highest BCUT2D eigenvalue weighted by molar-refractivity contribution is 6.33. The number of hydrazone groups is 1. The Morgan fingerprint density at radius 1 is 0.766 bits per heavy atom. The molecule has 5 rings (SSSR count). The van der Waals surface area contributed by atoms with Crippen LogP contribution in [0.3, 0.4) is 0 Å². The van der Waals surface area contributed by atoms with E-state index in [4.69, 9.17) is 28.2 Å². The van der Waals surface area contributed by atoms with E-state index in [1.165, 1.54) is 30.4 Å². The highest BCUT2D eigenvalue weighted by atomic mass is 35.5. The molecule has 0 radical (unpaired) electrons. The van der Waals surface area contributed by atoms with Crippen molar-refractivity contribution in [3.8, 4) is 11.1 Å². The lowest BCUT2D eigenvalue weighted by atomic mass is 10.0. The largest absolute Gasteiger partial charge is 0.478 e. The first kappa shape index (κ1) is 31.9. The molecule has 4 aromatic carbocycles. The molecule has 0 spiro atoms. The predicted octanol–water partition coefficient (Wildman–Crippen LogP) is 7.93. The van der Waals surface area contributed by atoms with Gasteiger partial charge in [0.1, 0.15) is 22.6 Å². The minimum atomic E-state index is -1.31. The van der Waals surface area contributed by atoms with Crippen molar-refractivity contribution in [3.63, 3.8) is 0 Å². The summed E-state index contributed by atoms with van der Waals surface area (Å²) in [6.45, 7) is 1.76. The number of carboxylic acids is 2.